The molecule has 0 fully saturated rings. The molecule has 0 saturated carbocycles. The first-order chi connectivity index (χ1) is 5.52. The van der Waals surface area contributed by atoms with E-state index in [2.05, 4.69) is 32.7 Å². The van der Waals surface area contributed by atoms with Gasteiger partial charge in [-0.3, -0.25) is 4.79 Å². The van der Waals surface area contributed by atoms with Crippen LogP contribution in [0.15, 0.2) is 16.6 Å². The van der Waals surface area contributed by atoms with Gasteiger partial charge >= 0.3 is 0 Å². The molecule has 0 bridgehead atoms. The molecule has 0 aliphatic carbocycles. The van der Waals surface area contributed by atoms with Crippen LogP contribution in [0.5, 0.6) is 0 Å². The predicted molar refractivity (Wildman–Crippen MR) is 50.2 cm³/mol. The molecule has 0 atom stereocenters. The van der Waals surface area contributed by atoms with E-state index in [1.54, 1.807) is 6.08 Å². The molecule has 0 aromatic carbocycles. The summed E-state index contributed by atoms with van der Waals surface area (Å²) in [7, 11) is 0. The highest BCUT2D eigenvalue weighted by molar-refractivity contribution is 6.17. The molecule has 66 valence electrons. The molecule has 0 spiro atoms. The fourth-order valence-electron chi connectivity index (χ4n) is 1.35. The van der Waals surface area contributed by atoms with Crippen LogP contribution in [0, 0.1) is 11.8 Å². The molecule has 2 heteroatoms. The summed E-state index contributed by atoms with van der Waals surface area (Å²) in [6.45, 7) is 8.30. The van der Waals surface area contributed by atoms with E-state index in [1.807, 2.05) is 0 Å². The third kappa shape index (κ3) is 1.63. The largest absolute Gasteiger partial charge is 0.270 e. The molecule has 0 aromatic heterocycles. The Morgan fingerprint density at radius 1 is 1.17 bits per heavy atom. The van der Waals surface area contributed by atoms with E-state index < -0.39 is 0 Å². The lowest BCUT2D eigenvalue weighted by Gasteiger charge is -2.12. The first kappa shape index (κ1) is 9.17. The number of rotatable bonds is 2. The minimum Gasteiger partial charge on any atom is -0.267 e. The molecule has 0 aromatic rings. The van der Waals surface area contributed by atoms with Gasteiger partial charge in [0.15, 0.2) is 0 Å². The summed E-state index contributed by atoms with van der Waals surface area (Å²) in [5.41, 5.74) is 2.07. The van der Waals surface area contributed by atoms with Gasteiger partial charge in [-0.05, 0) is 17.4 Å². The monoisotopic (exact) mass is 165 g/mol. The molecular formula is C10H15NO. The van der Waals surface area contributed by atoms with Crippen LogP contribution in [0.4, 0.5) is 0 Å². The number of amides is 1. The van der Waals surface area contributed by atoms with Gasteiger partial charge in [-0.1, -0.05) is 27.7 Å². The van der Waals surface area contributed by atoms with Crippen LogP contribution in [-0.2, 0) is 4.79 Å². The van der Waals surface area contributed by atoms with Gasteiger partial charge in [-0.25, -0.2) is 4.99 Å². The van der Waals surface area contributed by atoms with Crippen molar-refractivity contribution < 1.29 is 4.79 Å². The smallest absolute Gasteiger partial charge is 0.267 e. The first-order valence-corrected chi connectivity index (χ1v) is 4.37. The first-order valence-electron chi connectivity index (χ1n) is 4.37. The molecule has 1 heterocycles. The summed E-state index contributed by atoms with van der Waals surface area (Å²) >= 11 is 0. The third-order valence-corrected chi connectivity index (χ3v) is 1.97. The number of hydrogen-bond donors (Lipinski definition) is 0. The molecule has 0 N–H and O–H groups in total. The normalized spacial score (nSPS) is 17.3. The lowest BCUT2D eigenvalue weighted by Crippen LogP contribution is -2.12. The quantitative estimate of drug-likeness (QED) is 0.616. The number of nitrogens with zero attached hydrogens (tertiary/aromatic N) is 1. The van der Waals surface area contributed by atoms with Gasteiger partial charge in [-0.2, -0.15) is 0 Å². The van der Waals surface area contributed by atoms with Crippen molar-refractivity contribution in [3.8, 4) is 0 Å². The minimum atomic E-state index is -0.0950. The minimum absolute atomic E-state index is 0.0950. The highest BCUT2D eigenvalue weighted by Crippen LogP contribution is 2.21. The number of carbonyl (C=O) groups excluding carboxylic acids is 1. The molecule has 1 aliphatic heterocycles. The van der Waals surface area contributed by atoms with Crippen LogP contribution < -0.4 is 0 Å². The maximum Gasteiger partial charge on any atom is 0.270 e. The SMILES string of the molecule is CC(C)C1=CC(=O)N=C1C(C)C. The Hall–Kier alpha value is -0.920. The summed E-state index contributed by atoms with van der Waals surface area (Å²) in [5.74, 6) is 0.657. The Labute approximate surface area is 73.4 Å². The highest BCUT2D eigenvalue weighted by atomic mass is 16.1. The van der Waals surface area contributed by atoms with E-state index in [0.29, 0.717) is 11.8 Å². The Bertz CT molecular complexity index is 233. The molecule has 0 unspecified atom stereocenters. The van der Waals surface area contributed by atoms with E-state index in [9.17, 15) is 4.79 Å². The zero-order chi connectivity index (χ0) is 9.30. The fraction of sp³-hybridized carbons (Fsp3) is 0.600. The van der Waals surface area contributed by atoms with Crippen molar-refractivity contribution in [1.82, 2.24) is 0 Å². The molecule has 0 radical (unpaired) electrons. The number of hydrogen-bond acceptors (Lipinski definition) is 1. The molecule has 0 saturated heterocycles. The van der Waals surface area contributed by atoms with E-state index in [1.165, 1.54) is 0 Å². The second-order valence-electron chi connectivity index (χ2n) is 3.74. The van der Waals surface area contributed by atoms with Crippen molar-refractivity contribution in [3.05, 3.63) is 11.6 Å². The van der Waals surface area contributed by atoms with Gasteiger partial charge in [0.05, 0.1) is 5.71 Å². The molecule has 1 aliphatic rings. The summed E-state index contributed by atoms with van der Waals surface area (Å²) < 4.78 is 0. The standard InChI is InChI=1S/C10H15NO/c1-6(2)8-5-9(12)11-10(8)7(3)4/h5-7H,1-4H3. The topological polar surface area (TPSA) is 29.4 Å². The van der Waals surface area contributed by atoms with Crippen molar-refractivity contribution >= 4 is 11.6 Å². The highest BCUT2D eigenvalue weighted by Gasteiger charge is 2.21. The lowest BCUT2D eigenvalue weighted by molar-refractivity contribution is -0.113. The van der Waals surface area contributed by atoms with Crippen LogP contribution in [0.1, 0.15) is 27.7 Å². The van der Waals surface area contributed by atoms with Crippen molar-refractivity contribution in [3.63, 3.8) is 0 Å². The van der Waals surface area contributed by atoms with Gasteiger partial charge in [0.1, 0.15) is 0 Å². The summed E-state index contributed by atoms with van der Waals surface area (Å²) in [6.07, 6.45) is 1.65. The van der Waals surface area contributed by atoms with Crippen LogP contribution in [0.2, 0.25) is 0 Å². The van der Waals surface area contributed by atoms with Gasteiger partial charge < -0.3 is 0 Å². The van der Waals surface area contributed by atoms with Crippen LogP contribution >= 0.6 is 0 Å². The Kier molecular flexibility index (Phi) is 2.46. The second-order valence-corrected chi connectivity index (χ2v) is 3.74. The molecule has 2 nitrogen and oxygen atoms in total. The molecule has 1 amide bonds. The van der Waals surface area contributed by atoms with E-state index in [-0.39, 0.29) is 5.91 Å². The van der Waals surface area contributed by atoms with Crippen LogP contribution in [-0.4, -0.2) is 11.6 Å². The van der Waals surface area contributed by atoms with Crippen molar-refractivity contribution in [2.24, 2.45) is 16.8 Å². The number of carbonyl (C=O) groups is 1. The lowest BCUT2D eigenvalue weighted by atomic mass is 9.93. The average molecular weight is 165 g/mol. The number of allylic oxidation sites excluding steroid dienone is 1. The Morgan fingerprint density at radius 3 is 2.08 bits per heavy atom. The Balaban J connectivity index is 2.95. The van der Waals surface area contributed by atoms with E-state index in [0.717, 1.165) is 11.3 Å². The maximum atomic E-state index is 11.0. The summed E-state index contributed by atoms with van der Waals surface area (Å²) in [6, 6.07) is 0. The summed E-state index contributed by atoms with van der Waals surface area (Å²) in [5, 5.41) is 0. The van der Waals surface area contributed by atoms with E-state index >= 15 is 0 Å². The van der Waals surface area contributed by atoms with Crippen LogP contribution in [0.3, 0.4) is 0 Å². The number of aliphatic imine (C=N–C) groups is 1. The van der Waals surface area contributed by atoms with Gasteiger partial charge in [0, 0.05) is 6.08 Å². The molecule has 12 heavy (non-hydrogen) atoms. The van der Waals surface area contributed by atoms with Gasteiger partial charge in [-0.15, -0.1) is 0 Å². The average Bonchev–Trinajstić information content (AvgIpc) is 2.31. The van der Waals surface area contributed by atoms with Crippen molar-refractivity contribution in [2.45, 2.75) is 27.7 Å². The molecular weight excluding hydrogens is 150 g/mol. The maximum absolute atomic E-state index is 11.0. The van der Waals surface area contributed by atoms with Gasteiger partial charge in [0.2, 0.25) is 0 Å². The predicted octanol–water partition coefficient (Wildman–Crippen LogP) is 2.21. The fourth-order valence-corrected chi connectivity index (χ4v) is 1.35. The Morgan fingerprint density at radius 2 is 1.75 bits per heavy atom. The van der Waals surface area contributed by atoms with Crippen molar-refractivity contribution in [2.75, 3.05) is 0 Å². The summed E-state index contributed by atoms with van der Waals surface area (Å²) in [4.78, 5) is 15.0. The van der Waals surface area contributed by atoms with Crippen molar-refractivity contribution in [1.29, 1.82) is 0 Å². The van der Waals surface area contributed by atoms with Gasteiger partial charge in [0.25, 0.3) is 5.91 Å². The van der Waals surface area contributed by atoms with Crippen LogP contribution in [0.25, 0.3) is 0 Å². The zero-order valence-electron chi connectivity index (χ0n) is 8.09. The zero-order valence-corrected chi connectivity index (χ0v) is 8.09. The van der Waals surface area contributed by atoms with E-state index in [4.69, 9.17) is 0 Å². The third-order valence-electron chi connectivity index (χ3n) is 1.97. The molecule has 1 rings (SSSR count). The second kappa shape index (κ2) is 3.21.